The van der Waals surface area contributed by atoms with E-state index in [1.807, 2.05) is 6.07 Å². The number of nitro groups is 1. The number of hydrogen-bond acceptors (Lipinski definition) is 6. The van der Waals surface area contributed by atoms with Crippen molar-refractivity contribution < 1.29 is 18.1 Å². The number of nitro benzene ring substituents is 1. The minimum absolute atomic E-state index is 0.105. The molecule has 0 fully saturated rings. The van der Waals surface area contributed by atoms with Gasteiger partial charge in [0.05, 0.1) is 27.1 Å². The van der Waals surface area contributed by atoms with Crippen molar-refractivity contribution in [3.63, 3.8) is 0 Å². The van der Waals surface area contributed by atoms with Crippen LogP contribution in [0.1, 0.15) is 12.5 Å². The van der Waals surface area contributed by atoms with Crippen molar-refractivity contribution in [2.45, 2.75) is 11.8 Å². The second kappa shape index (κ2) is 8.63. The summed E-state index contributed by atoms with van der Waals surface area (Å²) in [7, 11) is -4.02. The molecule has 8 nitrogen and oxygen atoms in total. The number of para-hydroxylation sites is 1. The van der Waals surface area contributed by atoms with Crippen molar-refractivity contribution in [3.8, 4) is 17.6 Å². The predicted octanol–water partition coefficient (Wildman–Crippen LogP) is 4.47. The summed E-state index contributed by atoms with van der Waals surface area (Å²) < 4.78 is 32.9. The monoisotopic (exact) mass is 423 g/mol. The fourth-order valence-corrected chi connectivity index (χ4v) is 4.32. The molecule has 30 heavy (non-hydrogen) atoms. The molecule has 3 rings (SSSR count). The Bertz CT molecular complexity index is 1200. The first-order valence-corrected chi connectivity index (χ1v) is 10.3. The van der Waals surface area contributed by atoms with E-state index in [4.69, 9.17) is 10.00 Å². The normalized spacial score (nSPS) is 10.8. The van der Waals surface area contributed by atoms with E-state index < -0.39 is 20.6 Å². The lowest BCUT2D eigenvalue weighted by molar-refractivity contribution is -0.385. The molecule has 0 aromatic heterocycles. The molecule has 0 unspecified atom stereocenters. The number of rotatable bonds is 7. The van der Waals surface area contributed by atoms with Gasteiger partial charge in [-0.15, -0.1) is 0 Å². The highest BCUT2D eigenvalue weighted by Crippen LogP contribution is 2.35. The number of nitrogens with zero attached hydrogens (tertiary/aromatic N) is 3. The van der Waals surface area contributed by atoms with Gasteiger partial charge in [0.25, 0.3) is 10.0 Å². The third-order valence-corrected chi connectivity index (χ3v) is 6.16. The number of hydrogen-bond donors (Lipinski definition) is 0. The van der Waals surface area contributed by atoms with Crippen molar-refractivity contribution in [2.75, 3.05) is 10.8 Å². The van der Waals surface area contributed by atoms with E-state index >= 15 is 0 Å². The summed E-state index contributed by atoms with van der Waals surface area (Å²) in [6.45, 7) is 1.84. The molecule has 0 amide bonds. The van der Waals surface area contributed by atoms with Gasteiger partial charge >= 0.3 is 5.69 Å². The first-order valence-electron chi connectivity index (χ1n) is 8.91. The summed E-state index contributed by atoms with van der Waals surface area (Å²) in [5, 5.41) is 20.4. The van der Waals surface area contributed by atoms with Crippen LogP contribution in [0.2, 0.25) is 0 Å². The van der Waals surface area contributed by atoms with Crippen LogP contribution in [0.3, 0.4) is 0 Å². The number of sulfonamides is 1. The molecule has 0 aliphatic heterocycles. The van der Waals surface area contributed by atoms with Gasteiger partial charge in [-0.05, 0) is 55.5 Å². The van der Waals surface area contributed by atoms with E-state index in [2.05, 4.69) is 0 Å². The SMILES string of the molecule is CCN(c1ccccc1)S(=O)(=O)c1ccc(Oc2ccc(C#N)cc2)c([N+](=O)[O-])c1. The molecule has 0 aliphatic carbocycles. The van der Waals surface area contributed by atoms with Gasteiger partial charge in [-0.2, -0.15) is 5.26 Å². The summed E-state index contributed by atoms with van der Waals surface area (Å²) in [4.78, 5) is 10.7. The Morgan fingerprint density at radius 1 is 1.07 bits per heavy atom. The number of nitriles is 1. The Morgan fingerprint density at radius 3 is 2.30 bits per heavy atom. The predicted molar refractivity (Wildman–Crippen MR) is 111 cm³/mol. The van der Waals surface area contributed by atoms with Crippen LogP contribution < -0.4 is 9.04 Å². The minimum Gasteiger partial charge on any atom is -0.450 e. The van der Waals surface area contributed by atoms with E-state index in [1.54, 1.807) is 37.3 Å². The fraction of sp³-hybridized carbons (Fsp3) is 0.0952. The van der Waals surface area contributed by atoms with Crippen molar-refractivity contribution in [1.82, 2.24) is 0 Å². The lowest BCUT2D eigenvalue weighted by Gasteiger charge is -2.23. The average molecular weight is 423 g/mol. The van der Waals surface area contributed by atoms with Gasteiger partial charge in [-0.3, -0.25) is 14.4 Å². The summed E-state index contributed by atoms with van der Waals surface area (Å²) in [5.74, 6) is 0.179. The lowest BCUT2D eigenvalue weighted by atomic mass is 10.2. The Balaban J connectivity index is 1.99. The summed E-state index contributed by atoms with van der Waals surface area (Å²) in [5.41, 5.74) is 0.393. The topological polar surface area (TPSA) is 114 Å². The molecule has 9 heteroatoms. The molecule has 0 radical (unpaired) electrons. The van der Waals surface area contributed by atoms with Gasteiger partial charge in [0.1, 0.15) is 5.75 Å². The van der Waals surface area contributed by atoms with Crippen LogP contribution >= 0.6 is 0 Å². The molecule has 0 spiro atoms. The van der Waals surface area contributed by atoms with Gasteiger partial charge in [0, 0.05) is 12.6 Å². The molecular weight excluding hydrogens is 406 g/mol. The molecule has 0 N–H and O–H groups in total. The third-order valence-electron chi connectivity index (χ3n) is 4.26. The second-order valence-corrected chi connectivity index (χ2v) is 7.99. The molecule has 3 aromatic carbocycles. The Hall–Kier alpha value is -3.90. The van der Waals surface area contributed by atoms with Gasteiger partial charge in [-0.25, -0.2) is 8.42 Å². The first kappa shape index (κ1) is 20.8. The number of ether oxygens (including phenoxy) is 1. The molecule has 0 heterocycles. The maximum absolute atomic E-state index is 13.1. The van der Waals surface area contributed by atoms with Crippen molar-refractivity contribution in [1.29, 1.82) is 5.26 Å². The van der Waals surface area contributed by atoms with Gasteiger partial charge < -0.3 is 4.74 Å². The third kappa shape index (κ3) is 4.24. The number of benzene rings is 3. The van der Waals surface area contributed by atoms with Crippen molar-refractivity contribution >= 4 is 21.4 Å². The van der Waals surface area contributed by atoms with E-state index in [-0.39, 0.29) is 22.9 Å². The number of anilines is 1. The van der Waals surface area contributed by atoms with Crippen molar-refractivity contribution in [3.05, 3.63) is 88.5 Å². The summed E-state index contributed by atoms with van der Waals surface area (Å²) in [6, 6.07) is 20.0. The van der Waals surface area contributed by atoms with E-state index in [0.29, 0.717) is 11.3 Å². The molecule has 0 aliphatic rings. The fourth-order valence-electron chi connectivity index (χ4n) is 2.82. The maximum Gasteiger partial charge on any atom is 0.312 e. The highest BCUT2D eigenvalue weighted by atomic mass is 32.2. The maximum atomic E-state index is 13.1. The molecule has 0 saturated carbocycles. The van der Waals surface area contributed by atoms with Crippen LogP contribution in [0.4, 0.5) is 11.4 Å². The van der Waals surface area contributed by atoms with Gasteiger partial charge in [0.15, 0.2) is 0 Å². The zero-order valence-corrected chi connectivity index (χ0v) is 16.7. The molecule has 0 atom stereocenters. The van der Waals surface area contributed by atoms with Gasteiger partial charge in [-0.1, -0.05) is 18.2 Å². The Morgan fingerprint density at radius 2 is 1.73 bits per heavy atom. The second-order valence-electron chi connectivity index (χ2n) is 6.13. The molecule has 0 bridgehead atoms. The lowest BCUT2D eigenvalue weighted by Crippen LogP contribution is -2.30. The highest BCUT2D eigenvalue weighted by Gasteiger charge is 2.27. The largest absolute Gasteiger partial charge is 0.450 e. The van der Waals surface area contributed by atoms with Crippen molar-refractivity contribution in [2.24, 2.45) is 0 Å². The zero-order chi connectivity index (χ0) is 21.7. The zero-order valence-electron chi connectivity index (χ0n) is 15.9. The molecule has 0 saturated heterocycles. The average Bonchev–Trinajstić information content (AvgIpc) is 2.75. The van der Waals surface area contributed by atoms with Crippen LogP contribution in [-0.2, 0) is 10.0 Å². The standard InChI is InChI=1S/C21H17N3O5S/c1-2-23(17-6-4-3-5-7-17)30(27,28)19-12-13-21(20(14-19)24(25)26)29-18-10-8-16(15-22)9-11-18/h3-14H,2H2,1H3. The first-order chi connectivity index (χ1) is 14.4. The van der Waals surface area contributed by atoms with E-state index in [1.165, 1.54) is 40.7 Å². The van der Waals surface area contributed by atoms with Crippen LogP contribution in [0.25, 0.3) is 0 Å². The quantitative estimate of drug-likeness (QED) is 0.409. The smallest absolute Gasteiger partial charge is 0.312 e. The Kier molecular flexibility index (Phi) is 5.99. The minimum atomic E-state index is -4.02. The molecule has 3 aromatic rings. The van der Waals surface area contributed by atoms with Crippen LogP contribution in [0.5, 0.6) is 11.5 Å². The molecule has 152 valence electrons. The van der Waals surface area contributed by atoms with Gasteiger partial charge in [0.2, 0.25) is 5.75 Å². The van der Waals surface area contributed by atoms with E-state index in [0.717, 1.165) is 6.07 Å². The summed E-state index contributed by atoms with van der Waals surface area (Å²) in [6.07, 6.45) is 0. The van der Waals surface area contributed by atoms with Crippen LogP contribution in [-0.4, -0.2) is 19.9 Å². The van der Waals surface area contributed by atoms with E-state index in [9.17, 15) is 18.5 Å². The van der Waals surface area contributed by atoms with Crippen LogP contribution in [0, 0.1) is 21.4 Å². The summed E-state index contributed by atoms with van der Waals surface area (Å²) >= 11 is 0. The van der Waals surface area contributed by atoms with Crippen LogP contribution in [0.15, 0.2) is 77.7 Å². The highest BCUT2D eigenvalue weighted by molar-refractivity contribution is 7.92. The molecular formula is C21H17N3O5S. The Labute approximate surface area is 173 Å².